The van der Waals surface area contributed by atoms with Crippen molar-refractivity contribution in [1.82, 2.24) is 95.7 Å². The van der Waals surface area contributed by atoms with Crippen LogP contribution in [0.2, 0.25) is 0 Å². The summed E-state index contributed by atoms with van der Waals surface area (Å²) >= 11 is 0. The van der Waals surface area contributed by atoms with Gasteiger partial charge in [0, 0.05) is 65.1 Å². The van der Waals surface area contributed by atoms with Crippen LogP contribution in [0.3, 0.4) is 0 Å². The molecule has 0 spiro atoms. The Morgan fingerprint density at radius 1 is 0.399 bits per heavy atom. The number of carbonyl (C=O) groups is 18. The van der Waals surface area contributed by atoms with Crippen LogP contribution in [0.25, 0.3) is 0 Å². The number of unbranched alkanes of at least 4 members (excludes halogenated alkanes) is 9. The van der Waals surface area contributed by atoms with E-state index in [-0.39, 0.29) is 44.7 Å². The lowest BCUT2D eigenvalue weighted by Crippen LogP contribution is -2.62. The number of benzene rings is 1. The summed E-state index contributed by atoms with van der Waals surface area (Å²) in [6.45, 7) is 29.6. The van der Waals surface area contributed by atoms with Crippen molar-refractivity contribution in [3.8, 4) is 0 Å². The third kappa shape index (κ3) is 55.8. The van der Waals surface area contributed by atoms with Crippen LogP contribution in [0.4, 0.5) is 24.0 Å². The second-order valence-corrected chi connectivity index (χ2v) is 39.9. The summed E-state index contributed by atoms with van der Waals surface area (Å²) in [4.78, 5) is 258. The summed E-state index contributed by atoms with van der Waals surface area (Å²) in [7, 11) is 0. The Kier molecular flexibility index (Phi) is 55.5. The number of hydrogen-bond donors (Lipinski definition) is 21. The van der Waals surface area contributed by atoms with Crippen molar-refractivity contribution in [2.24, 2.45) is 11.7 Å². The van der Waals surface area contributed by atoms with E-state index in [0.29, 0.717) is 63.6 Å². The Hall–Kier alpha value is -11.4. The number of alkyl carbamates (subject to hydrolysis) is 5. The number of rotatable bonds is 48. The molecule has 1 aliphatic heterocycles. The zero-order valence-corrected chi connectivity index (χ0v) is 84.8. The first-order valence-electron chi connectivity index (χ1n) is 48.2. The molecule has 22 N–H and O–H groups in total. The van der Waals surface area contributed by atoms with Crippen molar-refractivity contribution in [3.05, 3.63) is 35.9 Å². The average Bonchev–Trinajstić information content (AvgIpc) is 0.940. The molecule has 1 saturated heterocycles. The van der Waals surface area contributed by atoms with Crippen LogP contribution in [0.5, 0.6) is 0 Å². The SMILES string of the molecule is CCCCCCCC[C@H](NC(=O)CCCCCNC(=O)CCCCCN)C(=O)N[C@@H](CCNC(=O)OC(C)(C)C)C(=O)N[C@H](C(=O)N[C@@H](CCNC(=O)OC(C)(C)C)C(=O)N[C@H]1CCNC(=O)[C@H]([C@@H](C)O)NC(=O)[C@H](CCNC(=O)OC(C)(C)C)NC(=O)[C@H](CCNC(=O)OC(C)(C)C)NC(=O)[C@H](CC(C)C)NC(=O)[C@@H](Cc2ccccc2)NC(=O)[C@H](CCNC(=O)OC(C)(C)C)NC1=O)[C@@H](C)O. The Morgan fingerprint density at radius 3 is 1.24 bits per heavy atom. The third-order valence-electron chi connectivity index (χ3n) is 20.4. The molecule has 1 aromatic carbocycles. The summed E-state index contributed by atoms with van der Waals surface area (Å²) in [6.07, 6.45) is -2.90. The lowest BCUT2D eigenvalue weighted by molar-refractivity contribution is -0.137. The maximum atomic E-state index is 15.6. The highest BCUT2D eigenvalue weighted by molar-refractivity contribution is 6.00. The lowest BCUT2D eigenvalue weighted by atomic mass is 10.00. The Bertz CT molecular complexity index is 4050. The van der Waals surface area contributed by atoms with Gasteiger partial charge in [0.25, 0.3) is 0 Å². The fourth-order valence-corrected chi connectivity index (χ4v) is 13.6. The van der Waals surface area contributed by atoms with Crippen molar-refractivity contribution in [3.63, 3.8) is 0 Å². The van der Waals surface area contributed by atoms with E-state index in [1.54, 1.807) is 148 Å². The number of amides is 18. The maximum Gasteiger partial charge on any atom is 0.407 e. The van der Waals surface area contributed by atoms with Crippen LogP contribution in [0, 0.1) is 5.92 Å². The summed E-state index contributed by atoms with van der Waals surface area (Å²) in [5.41, 5.74) is 0.911. The normalized spacial score (nSPS) is 18.8. The van der Waals surface area contributed by atoms with E-state index < -0.39 is 279 Å². The number of carbonyl (C=O) groups excluding carboxylic acids is 18. The van der Waals surface area contributed by atoms with E-state index >= 15 is 28.8 Å². The largest absolute Gasteiger partial charge is 0.444 e. The number of hydrogen-bond acceptors (Lipinski definition) is 26. The molecule has 1 aliphatic rings. The molecule has 2 rings (SSSR count). The van der Waals surface area contributed by atoms with Crippen LogP contribution in [-0.4, -0.2) is 277 Å². The predicted octanol–water partition coefficient (Wildman–Crippen LogP) is 3.41. The quantitative estimate of drug-likeness (QED) is 0.0328. The van der Waals surface area contributed by atoms with Gasteiger partial charge in [0.1, 0.15) is 94.5 Å². The van der Waals surface area contributed by atoms with Gasteiger partial charge in [0.05, 0.1) is 12.2 Å². The van der Waals surface area contributed by atoms with Crippen LogP contribution in [0.1, 0.15) is 285 Å². The molecule has 1 heterocycles. The highest BCUT2D eigenvalue weighted by Gasteiger charge is 2.40. The van der Waals surface area contributed by atoms with Crippen LogP contribution >= 0.6 is 0 Å². The van der Waals surface area contributed by atoms with E-state index in [4.69, 9.17) is 29.4 Å². The summed E-state index contributed by atoms with van der Waals surface area (Å²) in [5, 5.41) is 69.4. The zero-order chi connectivity index (χ0) is 104. The standard InChI is InChI=1S/C94H163N19O25/c1-21-22-23-24-25-31-38-61(103-71(117)40-33-28-35-48-96-70(116)39-32-27-34-47-95)74(118)106-67(46-54-102-89(133)138-94(18,19)20)80(124)113-73(59(5)115)84(128)109-65(44-52-100-87(131)136-92(12,13)14)77(121)104-62-41-49-97-83(127)72(58(4)114)112-79(123)66(45-53-101-88(132)137-93(15,16)17)107-76(120)63(42-50-98-85(129)134-90(6,7)8)108-81(125)68(55-57(2)3)110-82(126)69(56-60-36-29-26-30-37-60)111-78(122)64(105-75(62)119)43-51-99-86(130)135-91(9,10)11/h26,29-30,36-37,57-59,61-69,72-73,114-115H,21-25,27-28,31-35,38-56,95H2,1-20H3,(H,96,116)(H,97,127)(H,98,129)(H,99,130)(H,100,131)(H,101,132)(H,102,133)(H,103,117)(H,104,121)(H,105,119)(H,106,118)(H,107,120)(H,108,125)(H,109,128)(H,110,126)(H,111,122)(H,112,123)(H,113,124)/t58-,59-,61+,62+,63+,64+,65+,66+,67+,68+,69-,72+,73+/m1/s1. The van der Waals surface area contributed by atoms with E-state index in [2.05, 4.69) is 103 Å². The highest BCUT2D eigenvalue weighted by Crippen LogP contribution is 2.18. The molecule has 1 fully saturated rings. The first kappa shape index (κ1) is 123. The second kappa shape index (κ2) is 62.5. The van der Waals surface area contributed by atoms with Crippen molar-refractivity contribution in [2.75, 3.05) is 52.4 Å². The van der Waals surface area contributed by atoms with E-state index in [1.165, 1.54) is 0 Å². The highest BCUT2D eigenvalue weighted by atomic mass is 16.6. The monoisotopic (exact) mass is 1960 g/mol. The second-order valence-electron chi connectivity index (χ2n) is 39.9. The predicted molar refractivity (Wildman–Crippen MR) is 513 cm³/mol. The molecule has 0 radical (unpaired) electrons. The smallest absolute Gasteiger partial charge is 0.407 e. The Balaban J connectivity index is 3.11. The van der Waals surface area contributed by atoms with Gasteiger partial charge < -0.3 is 135 Å². The topological polar surface area (TPSA) is 636 Å². The van der Waals surface area contributed by atoms with Gasteiger partial charge in [-0.1, -0.05) is 102 Å². The van der Waals surface area contributed by atoms with Gasteiger partial charge in [-0.2, -0.15) is 0 Å². The molecule has 44 nitrogen and oxygen atoms in total. The minimum Gasteiger partial charge on any atom is -0.444 e. The van der Waals surface area contributed by atoms with Gasteiger partial charge in [-0.05, 0) is 213 Å². The molecule has 0 aliphatic carbocycles. The van der Waals surface area contributed by atoms with Crippen molar-refractivity contribution >= 4 is 107 Å². The van der Waals surface area contributed by atoms with Gasteiger partial charge in [0.15, 0.2) is 0 Å². The Morgan fingerprint density at radius 2 is 0.783 bits per heavy atom. The molecule has 0 saturated carbocycles. The van der Waals surface area contributed by atoms with E-state index in [0.717, 1.165) is 52.4 Å². The molecular formula is C94H163N19O25. The van der Waals surface area contributed by atoms with Gasteiger partial charge in [-0.25, -0.2) is 24.0 Å². The van der Waals surface area contributed by atoms with Crippen LogP contribution in [0.15, 0.2) is 30.3 Å². The summed E-state index contributed by atoms with van der Waals surface area (Å²) < 4.78 is 27.1. The Labute approximate surface area is 812 Å². The minimum atomic E-state index is -2.06. The average molecular weight is 1960 g/mol. The summed E-state index contributed by atoms with van der Waals surface area (Å²) in [6, 6.07) is -11.2. The van der Waals surface area contributed by atoms with Gasteiger partial charge in [0.2, 0.25) is 76.8 Å². The number of nitrogens with two attached hydrogens (primary N) is 1. The van der Waals surface area contributed by atoms with Gasteiger partial charge in [-0.15, -0.1) is 0 Å². The molecule has 44 heteroatoms. The van der Waals surface area contributed by atoms with Gasteiger partial charge in [-0.3, -0.25) is 62.3 Å². The van der Waals surface area contributed by atoms with Gasteiger partial charge >= 0.3 is 30.5 Å². The van der Waals surface area contributed by atoms with E-state index in [1.807, 2.05) is 0 Å². The number of aliphatic hydroxyl groups excluding tert-OH is 2. The summed E-state index contributed by atoms with van der Waals surface area (Å²) in [5.74, 6) is -13.4. The molecular weight excluding hydrogens is 1800 g/mol. The molecule has 784 valence electrons. The maximum absolute atomic E-state index is 15.6. The molecule has 0 bridgehead atoms. The van der Waals surface area contributed by atoms with Crippen molar-refractivity contribution in [2.45, 2.75) is 393 Å². The minimum absolute atomic E-state index is 0.00661. The first-order chi connectivity index (χ1) is 64.4. The molecule has 138 heavy (non-hydrogen) atoms. The fourth-order valence-electron chi connectivity index (χ4n) is 13.6. The lowest BCUT2D eigenvalue weighted by Gasteiger charge is -2.29. The first-order valence-corrected chi connectivity index (χ1v) is 48.2. The molecule has 0 unspecified atom stereocenters. The van der Waals surface area contributed by atoms with Crippen molar-refractivity contribution < 1.29 is 120 Å². The van der Waals surface area contributed by atoms with Crippen LogP contribution < -0.4 is 101 Å². The molecule has 1 aromatic rings. The molecule has 18 amide bonds. The van der Waals surface area contributed by atoms with E-state index in [9.17, 15) is 67.7 Å². The third-order valence-corrected chi connectivity index (χ3v) is 20.4. The number of aliphatic hydroxyl groups is 2. The number of ether oxygens (including phenoxy) is 5. The number of nitrogens with one attached hydrogen (secondary N) is 18. The zero-order valence-electron chi connectivity index (χ0n) is 84.8. The van der Waals surface area contributed by atoms with Crippen molar-refractivity contribution in [1.29, 1.82) is 0 Å². The fraction of sp³-hybridized carbons (Fsp3) is 0.745. The van der Waals surface area contributed by atoms with Crippen LogP contribution in [-0.2, 0) is 92.4 Å². The molecule has 13 atom stereocenters. The molecule has 0 aromatic heterocycles.